The second-order valence-corrected chi connectivity index (χ2v) is 6.27. The molecule has 1 aliphatic rings. The second kappa shape index (κ2) is 7.98. The van der Waals surface area contributed by atoms with E-state index in [4.69, 9.17) is 4.74 Å². The highest BCUT2D eigenvalue weighted by molar-refractivity contribution is 5.19. The Hall–Kier alpha value is -2.06. The Balaban J connectivity index is 1.74. The Morgan fingerprint density at radius 1 is 1.00 bits per heavy atom. The molecule has 2 nitrogen and oxygen atoms in total. The van der Waals surface area contributed by atoms with E-state index in [0.29, 0.717) is 6.04 Å². The summed E-state index contributed by atoms with van der Waals surface area (Å²) in [5, 5.41) is 0. The lowest BCUT2D eigenvalue weighted by Gasteiger charge is -2.37. The van der Waals surface area contributed by atoms with Crippen molar-refractivity contribution in [1.29, 1.82) is 0 Å². The maximum Gasteiger partial charge on any atom is 0.0817 e. The van der Waals surface area contributed by atoms with E-state index in [1.165, 1.54) is 16.7 Å². The second-order valence-electron chi connectivity index (χ2n) is 6.27. The number of benzene rings is 2. The van der Waals surface area contributed by atoms with Gasteiger partial charge >= 0.3 is 0 Å². The molecule has 1 saturated heterocycles. The molecule has 120 valence electrons. The Morgan fingerprint density at radius 3 is 2.30 bits per heavy atom. The normalized spacial score (nSPS) is 20.6. The number of piperidine rings is 1. The molecule has 1 atom stereocenters. The molecule has 2 heteroatoms. The summed E-state index contributed by atoms with van der Waals surface area (Å²) in [6.45, 7) is 2.13. The molecule has 1 aliphatic heterocycles. The molecule has 3 rings (SSSR count). The molecule has 1 heterocycles. The van der Waals surface area contributed by atoms with E-state index in [2.05, 4.69) is 65.6 Å². The molecule has 0 aliphatic carbocycles. The van der Waals surface area contributed by atoms with Crippen molar-refractivity contribution >= 4 is 0 Å². The minimum atomic E-state index is 0.535. The fourth-order valence-corrected chi connectivity index (χ4v) is 3.39. The molecular formula is C21H25NO. The molecule has 0 spiro atoms. The van der Waals surface area contributed by atoms with Crippen LogP contribution in [0.1, 0.15) is 24.0 Å². The van der Waals surface area contributed by atoms with Gasteiger partial charge in [-0.25, -0.2) is 0 Å². The van der Waals surface area contributed by atoms with Crippen LogP contribution in [0.4, 0.5) is 0 Å². The van der Waals surface area contributed by atoms with Gasteiger partial charge in [0.2, 0.25) is 0 Å². The summed E-state index contributed by atoms with van der Waals surface area (Å²) in [6.07, 6.45) is 5.23. The van der Waals surface area contributed by atoms with Crippen molar-refractivity contribution in [2.75, 3.05) is 13.7 Å². The summed E-state index contributed by atoms with van der Waals surface area (Å²) in [7, 11) is 1.75. The van der Waals surface area contributed by atoms with Crippen LogP contribution in [0.5, 0.6) is 0 Å². The number of methoxy groups -OCH3 is 1. The highest BCUT2D eigenvalue weighted by atomic mass is 16.5. The molecule has 23 heavy (non-hydrogen) atoms. The van der Waals surface area contributed by atoms with Gasteiger partial charge in [-0.15, -0.1) is 0 Å². The molecule has 2 aromatic rings. The van der Waals surface area contributed by atoms with Crippen molar-refractivity contribution < 1.29 is 4.74 Å². The SMILES string of the molecule is CO/C=C1/CCN(Cc2ccccc2)C(Cc2ccccc2)C1. The first-order chi connectivity index (χ1) is 11.3. The van der Waals surface area contributed by atoms with Crippen LogP contribution in [0.3, 0.4) is 0 Å². The van der Waals surface area contributed by atoms with Crippen LogP contribution in [0.2, 0.25) is 0 Å². The molecule has 0 aromatic heterocycles. The smallest absolute Gasteiger partial charge is 0.0817 e. The molecule has 1 unspecified atom stereocenters. The lowest BCUT2D eigenvalue weighted by atomic mass is 9.92. The van der Waals surface area contributed by atoms with E-state index in [1.807, 2.05) is 6.26 Å². The van der Waals surface area contributed by atoms with Gasteiger partial charge < -0.3 is 4.74 Å². The third-order valence-corrected chi connectivity index (χ3v) is 4.56. The van der Waals surface area contributed by atoms with E-state index in [1.54, 1.807) is 7.11 Å². The lowest BCUT2D eigenvalue weighted by molar-refractivity contribution is 0.160. The fourth-order valence-electron chi connectivity index (χ4n) is 3.39. The predicted molar refractivity (Wildman–Crippen MR) is 95.1 cm³/mol. The zero-order valence-electron chi connectivity index (χ0n) is 13.8. The molecule has 2 aromatic carbocycles. The number of likely N-dealkylation sites (tertiary alicyclic amines) is 1. The van der Waals surface area contributed by atoms with E-state index in [-0.39, 0.29) is 0 Å². The summed E-state index contributed by atoms with van der Waals surface area (Å²) in [6, 6.07) is 22.1. The molecule has 0 bridgehead atoms. The van der Waals surface area contributed by atoms with Crippen LogP contribution in [-0.2, 0) is 17.7 Å². The zero-order chi connectivity index (χ0) is 15.9. The summed E-state index contributed by atoms with van der Waals surface area (Å²) in [4.78, 5) is 2.62. The van der Waals surface area contributed by atoms with Crippen molar-refractivity contribution in [2.24, 2.45) is 0 Å². The van der Waals surface area contributed by atoms with Gasteiger partial charge in [-0.05, 0) is 36.0 Å². The molecule has 1 fully saturated rings. The monoisotopic (exact) mass is 307 g/mol. The Kier molecular flexibility index (Phi) is 5.49. The van der Waals surface area contributed by atoms with Gasteiger partial charge in [-0.3, -0.25) is 4.90 Å². The van der Waals surface area contributed by atoms with Crippen LogP contribution in [0, 0.1) is 0 Å². The van der Waals surface area contributed by atoms with Gasteiger partial charge in [-0.1, -0.05) is 60.7 Å². The highest BCUT2D eigenvalue weighted by Crippen LogP contribution is 2.26. The van der Waals surface area contributed by atoms with Crippen LogP contribution in [-0.4, -0.2) is 24.6 Å². The van der Waals surface area contributed by atoms with Crippen LogP contribution in [0.25, 0.3) is 0 Å². The van der Waals surface area contributed by atoms with Crippen molar-refractivity contribution in [3.63, 3.8) is 0 Å². The highest BCUT2D eigenvalue weighted by Gasteiger charge is 2.25. The van der Waals surface area contributed by atoms with E-state index in [0.717, 1.165) is 32.4 Å². The number of ether oxygens (including phenoxy) is 1. The summed E-state index contributed by atoms with van der Waals surface area (Å²) < 4.78 is 5.25. The van der Waals surface area contributed by atoms with Gasteiger partial charge in [0.15, 0.2) is 0 Å². The topological polar surface area (TPSA) is 12.5 Å². The predicted octanol–water partition coefficient (Wildman–Crippen LogP) is 4.42. The molecular weight excluding hydrogens is 282 g/mol. The largest absolute Gasteiger partial charge is 0.504 e. The molecule has 0 saturated carbocycles. The molecule has 0 N–H and O–H groups in total. The maximum atomic E-state index is 5.25. The first-order valence-electron chi connectivity index (χ1n) is 8.38. The zero-order valence-corrected chi connectivity index (χ0v) is 13.8. The lowest BCUT2D eigenvalue weighted by Crippen LogP contribution is -2.41. The van der Waals surface area contributed by atoms with E-state index >= 15 is 0 Å². The number of rotatable bonds is 5. The number of hydrogen-bond acceptors (Lipinski definition) is 2. The van der Waals surface area contributed by atoms with Crippen molar-refractivity contribution in [3.05, 3.63) is 83.6 Å². The Bertz CT molecular complexity index is 621. The van der Waals surface area contributed by atoms with Crippen LogP contribution < -0.4 is 0 Å². The van der Waals surface area contributed by atoms with Crippen molar-refractivity contribution in [1.82, 2.24) is 4.90 Å². The van der Waals surface area contributed by atoms with Gasteiger partial charge in [0.25, 0.3) is 0 Å². The summed E-state index contributed by atoms with van der Waals surface area (Å²) >= 11 is 0. The van der Waals surface area contributed by atoms with Crippen molar-refractivity contribution in [2.45, 2.75) is 31.8 Å². The number of hydrogen-bond donors (Lipinski definition) is 0. The van der Waals surface area contributed by atoms with Gasteiger partial charge in [0, 0.05) is 19.1 Å². The van der Waals surface area contributed by atoms with E-state index in [9.17, 15) is 0 Å². The standard InChI is InChI=1S/C21H25NO/c1-23-17-20-12-13-22(16-19-10-6-3-7-11-19)21(15-20)14-18-8-4-2-5-9-18/h2-11,17,21H,12-16H2,1H3/b20-17-. The van der Waals surface area contributed by atoms with E-state index < -0.39 is 0 Å². The third-order valence-electron chi connectivity index (χ3n) is 4.56. The quantitative estimate of drug-likeness (QED) is 0.758. The first kappa shape index (κ1) is 15.8. The summed E-state index contributed by atoms with van der Waals surface area (Å²) in [5.74, 6) is 0. The van der Waals surface area contributed by atoms with Crippen LogP contribution >= 0.6 is 0 Å². The minimum Gasteiger partial charge on any atom is -0.504 e. The summed E-state index contributed by atoms with van der Waals surface area (Å²) in [5.41, 5.74) is 4.23. The average molecular weight is 307 g/mol. The Labute approximate surface area is 139 Å². The average Bonchev–Trinajstić information content (AvgIpc) is 2.59. The van der Waals surface area contributed by atoms with Gasteiger partial charge in [0.05, 0.1) is 13.4 Å². The minimum absolute atomic E-state index is 0.535. The van der Waals surface area contributed by atoms with Crippen LogP contribution in [0.15, 0.2) is 72.5 Å². The molecule has 0 amide bonds. The first-order valence-corrected chi connectivity index (χ1v) is 8.38. The third kappa shape index (κ3) is 4.46. The number of nitrogens with zero attached hydrogens (tertiary/aromatic N) is 1. The Morgan fingerprint density at radius 2 is 1.65 bits per heavy atom. The van der Waals surface area contributed by atoms with Gasteiger partial charge in [-0.2, -0.15) is 0 Å². The fraction of sp³-hybridized carbons (Fsp3) is 0.333. The molecule has 0 radical (unpaired) electrons. The van der Waals surface area contributed by atoms with Gasteiger partial charge in [0.1, 0.15) is 0 Å². The maximum absolute atomic E-state index is 5.25. The van der Waals surface area contributed by atoms with Crippen molar-refractivity contribution in [3.8, 4) is 0 Å².